The zero-order valence-corrected chi connectivity index (χ0v) is 10.3. The van der Waals surface area contributed by atoms with E-state index in [0.29, 0.717) is 0 Å². The Morgan fingerprint density at radius 1 is 1.13 bits per heavy atom. The van der Waals surface area contributed by atoms with Gasteiger partial charge in [0.15, 0.2) is 0 Å². The summed E-state index contributed by atoms with van der Waals surface area (Å²) in [6.07, 6.45) is 1.21. The standard InChI is InChI=1S/C12H14OS2/c1-2-7-13-12(10-5-3-8-14-10)11-6-4-9-15-11/h3-6,8-9,12H,2,7H2,1H3. The maximum absolute atomic E-state index is 5.90. The summed E-state index contributed by atoms with van der Waals surface area (Å²) in [6, 6.07) is 8.45. The van der Waals surface area contributed by atoms with Gasteiger partial charge in [0.2, 0.25) is 0 Å². The molecule has 15 heavy (non-hydrogen) atoms. The molecule has 0 bridgehead atoms. The van der Waals surface area contributed by atoms with Crippen LogP contribution < -0.4 is 0 Å². The van der Waals surface area contributed by atoms with Gasteiger partial charge in [-0.25, -0.2) is 0 Å². The minimum Gasteiger partial charge on any atom is -0.367 e. The van der Waals surface area contributed by atoms with Crippen LogP contribution in [0.2, 0.25) is 0 Å². The second-order valence-electron chi connectivity index (χ2n) is 3.28. The number of hydrogen-bond acceptors (Lipinski definition) is 3. The van der Waals surface area contributed by atoms with Gasteiger partial charge in [-0.05, 0) is 29.3 Å². The van der Waals surface area contributed by atoms with Crippen LogP contribution in [0.5, 0.6) is 0 Å². The molecule has 0 saturated carbocycles. The molecule has 3 heteroatoms. The van der Waals surface area contributed by atoms with Gasteiger partial charge in [-0.2, -0.15) is 0 Å². The summed E-state index contributed by atoms with van der Waals surface area (Å²) >= 11 is 3.52. The molecular formula is C12H14OS2. The molecule has 0 radical (unpaired) electrons. The first-order valence-electron chi connectivity index (χ1n) is 5.10. The lowest BCUT2D eigenvalue weighted by Gasteiger charge is -2.14. The molecule has 80 valence electrons. The molecule has 0 aliphatic rings. The van der Waals surface area contributed by atoms with Crippen LogP contribution in [-0.2, 0) is 4.74 Å². The molecule has 0 aliphatic heterocycles. The summed E-state index contributed by atoms with van der Waals surface area (Å²) in [5, 5.41) is 4.20. The number of thiophene rings is 2. The van der Waals surface area contributed by atoms with Crippen LogP contribution in [0.4, 0.5) is 0 Å². The minimum absolute atomic E-state index is 0.143. The van der Waals surface area contributed by atoms with E-state index in [2.05, 4.69) is 41.9 Å². The fourth-order valence-electron chi connectivity index (χ4n) is 1.42. The highest BCUT2D eigenvalue weighted by atomic mass is 32.1. The third-order valence-corrected chi connectivity index (χ3v) is 3.92. The molecule has 0 aromatic carbocycles. The molecular weight excluding hydrogens is 224 g/mol. The second-order valence-corrected chi connectivity index (χ2v) is 5.24. The van der Waals surface area contributed by atoms with Gasteiger partial charge in [-0.3, -0.25) is 0 Å². The Morgan fingerprint density at radius 3 is 2.13 bits per heavy atom. The van der Waals surface area contributed by atoms with Crippen LogP contribution in [-0.4, -0.2) is 6.61 Å². The van der Waals surface area contributed by atoms with Gasteiger partial charge in [-0.1, -0.05) is 19.1 Å². The first-order valence-corrected chi connectivity index (χ1v) is 6.86. The molecule has 2 rings (SSSR count). The van der Waals surface area contributed by atoms with E-state index >= 15 is 0 Å². The van der Waals surface area contributed by atoms with Gasteiger partial charge >= 0.3 is 0 Å². The molecule has 0 spiro atoms. The zero-order chi connectivity index (χ0) is 10.5. The normalized spacial score (nSPS) is 11.1. The van der Waals surface area contributed by atoms with E-state index < -0.39 is 0 Å². The molecule has 0 atom stereocenters. The SMILES string of the molecule is CCCOC(c1cccs1)c1cccs1. The molecule has 0 N–H and O–H groups in total. The molecule has 2 heterocycles. The van der Waals surface area contributed by atoms with E-state index in [1.807, 2.05) is 0 Å². The average molecular weight is 238 g/mol. The van der Waals surface area contributed by atoms with Crippen LogP contribution in [0.25, 0.3) is 0 Å². The van der Waals surface area contributed by atoms with Gasteiger partial charge in [0.1, 0.15) is 6.10 Å². The lowest BCUT2D eigenvalue weighted by Crippen LogP contribution is -2.03. The van der Waals surface area contributed by atoms with Crippen LogP contribution in [0, 0.1) is 0 Å². The Morgan fingerprint density at radius 2 is 1.73 bits per heavy atom. The predicted molar refractivity (Wildman–Crippen MR) is 66.7 cm³/mol. The topological polar surface area (TPSA) is 9.23 Å². The third kappa shape index (κ3) is 2.68. The van der Waals surface area contributed by atoms with Crippen LogP contribution in [0.3, 0.4) is 0 Å². The van der Waals surface area contributed by atoms with Gasteiger partial charge in [-0.15, -0.1) is 22.7 Å². The Hall–Kier alpha value is -0.640. The van der Waals surface area contributed by atoms with Gasteiger partial charge in [0.25, 0.3) is 0 Å². The summed E-state index contributed by atoms with van der Waals surface area (Å²) in [4.78, 5) is 2.59. The summed E-state index contributed by atoms with van der Waals surface area (Å²) in [6.45, 7) is 2.96. The molecule has 2 aromatic heterocycles. The Labute approximate surface area is 98.3 Å². The van der Waals surface area contributed by atoms with E-state index in [1.165, 1.54) is 9.75 Å². The Bertz CT molecular complexity index is 330. The minimum atomic E-state index is 0.143. The molecule has 0 saturated heterocycles. The molecule has 0 fully saturated rings. The quantitative estimate of drug-likeness (QED) is 0.753. The van der Waals surface area contributed by atoms with Crippen molar-refractivity contribution in [3.63, 3.8) is 0 Å². The van der Waals surface area contributed by atoms with Crippen molar-refractivity contribution in [2.24, 2.45) is 0 Å². The maximum atomic E-state index is 5.90. The first-order chi connectivity index (χ1) is 7.42. The largest absolute Gasteiger partial charge is 0.367 e. The highest BCUT2D eigenvalue weighted by Gasteiger charge is 2.16. The average Bonchev–Trinajstić information content (AvgIpc) is 2.90. The van der Waals surface area contributed by atoms with E-state index in [4.69, 9.17) is 4.74 Å². The monoisotopic (exact) mass is 238 g/mol. The smallest absolute Gasteiger partial charge is 0.126 e. The van der Waals surface area contributed by atoms with Crippen LogP contribution in [0.1, 0.15) is 29.2 Å². The maximum Gasteiger partial charge on any atom is 0.126 e. The molecule has 0 unspecified atom stereocenters. The highest BCUT2D eigenvalue weighted by Crippen LogP contribution is 2.32. The summed E-state index contributed by atoms with van der Waals surface area (Å²) < 4.78 is 5.90. The molecule has 0 amide bonds. The van der Waals surface area contributed by atoms with Crippen molar-refractivity contribution in [2.75, 3.05) is 6.61 Å². The highest BCUT2D eigenvalue weighted by molar-refractivity contribution is 7.11. The van der Waals surface area contributed by atoms with Crippen molar-refractivity contribution >= 4 is 22.7 Å². The Balaban J connectivity index is 2.17. The first kappa shape index (κ1) is 10.9. The molecule has 1 nitrogen and oxygen atoms in total. The summed E-state index contributed by atoms with van der Waals surface area (Å²) in [5.41, 5.74) is 0. The van der Waals surface area contributed by atoms with Crippen molar-refractivity contribution in [1.29, 1.82) is 0 Å². The fourth-order valence-corrected chi connectivity index (χ4v) is 3.08. The lowest BCUT2D eigenvalue weighted by molar-refractivity contribution is 0.0853. The van der Waals surface area contributed by atoms with Crippen molar-refractivity contribution in [1.82, 2.24) is 0 Å². The molecule has 2 aromatic rings. The van der Waals surface area contributed by atoms with Gasteiger partial charge in [0, 0.05) is 16.4 Å². The number of ether oxygens (including phenoxy) is 1. The lowest BCUT2D eigenvalue weighted by atomic mass is 10.2. The number of rotatable bonds is 5. The zero-order valence-electron chi connectivity index (χ0n) is 8.68. The number of hydrogen-bond donors (Lipinski definition) is 0. The van der Waals surface area contributed by atoms with Crippen molar-refractivity contribution in [2.45, 2.75) is 19.4 Å². The van der Waals surface area contributed by atoms with E-state index in [-0.39, 0.29) is 6.10 Å². The Kier molecular flexibility index (Phi) is 3.94. The van der Waals surface area contributed by atoms with Crippen molar-refractivity contribution < 1.29 is 4.74 Å². The van der Waals surface area contributed by atoms with Crippen LogP contribution in [0.15, 0.2) is 35.0 Å². The van der Waals surface area contributed by atoms with E-state index in [1.54, 1.807) is 22.7 Å². The fraction of sp³-hybridized carbons (Fsp3) is 0.333. The summed E-state index contributed by atoms with van der Waals surface area (Å²) in [7, 11) is 0. The van der Waals surface area contributed by atoms with Gasteiger partial charge < -0.3 is 4.74 Å². The van der Waals surface area contributed by atoms with Crippen molar-refractivity contribution in [3.8, 4) is 0 Å². The van der Waals surface area contributed by atoms with Crippen LogP contribution >= 0.6 is 22.7 Å². The van der Waals surface area contributed by atoms with E-state index in [9.17, 15) is 0 Å². The van der Waals surface area contributed by atoms with Crippen molar-refractivity contribution in [3.05, 3.63) is 44.8 Å². The van der Waals surface area contributed by atoms with Gasteiger partial charge in [0.05, 0.1) is 0 Å². The second kappa shape index (κ2) is 5.45. The third-order valence-electron chi connectivity index (χ3n) is 2.09. The predicted octanol–water partition coefficient (Wildman–Crippen LogP) is 4.33. The molecule has 0 aliphatic carbocycles. The summed E-state index contributed by atoms with van der Waals surface area (Å²) in [5.74, 6) is 0. The van der Waals surface area contributed by atoms with E-state index in [0.717, 1.165) is 13.0 Å².